The van der Waals surface area contributed by atoms with Gasteiger partial charge in [0, 0.05) is 30.7 Å². The number of nitrogens with zero attached hydrogens (tertiary/aromatic N) is 5. The molecule has 6 rings (SSSR count). The van der Waals surface area contributed by atoms with Gasteiger partial charge in [-0.3, -0.25) is 0 Å². The Hall–Kier alpha value is -2.93. The second-order valence-corrected chi connectivity index (χ2v) is 8.34. The normalized spacial score (nSPS) is 24.5. The summed E-state index contributed by atoms with van der Waals surface area (Å²) in [6.07, 6.45) is 8.37. The Bertz CT molecular complexity index is 1040. The molecule has 2 fully saturated rings. The molecule has 0 unspecified atom stereocenters. The van der Waals surface area contributed by atoms with Crippen molar-refractivity contribution in [2.45, 2.75) is 50.4 Å². The molecule has 5 heterocycles. The van der Waals surface area contributed by atoms with Crippen molar-refractivity contribution in [1.82, 2.24) is 25.3 Å². The van der Waals surface area contributed by atoms with Crippen molar-refractivity contribution in [3.8, 4) is 22.7 Å². The molecule has 148 valence electrons. The molecule has 29 heavy (non-hydrogen) atoms. The number of rotatable bonds is 3. The molecule has 3 aliphatic heterocycles. The van der Waals surface area contributed by atoms with Gasteiger partial charge in [-0.25, -0.2) is 0 Å². The van der Waals surface area contributed by atoms with E-state index in [1.165, 1.54) is 31.2 Å². The third-order valence-corrected chi connectivity index (χ3v) is 6.60. The lowest BCUT2D eigenvalue weighted by Crippen LogP contribution is -2.47. The summed E-state index contributed by atoms with van der Waals surface area (Å²) in [5.74, 6) is 1.72. The summed E-state index contributed by atoms with van der Waals surface area (Å²) in [6, 6.07) is 12.4. The monoisotopic (exact) mass is 388 g/mol. The lowest BCUT2D eigenvalue weighted by atomic mass is 9.97. The third kappa shape index (κ3) is 2.88. The second-order valence-electron chi connectivity index (χ2n) is 8.34. The number of anilines is 1. The highest BCUT2D eigenvalue weighted by Gasteiger charge is 2.35. The smallest absolute Gasteiger partial charge is 0.223 e. The SMILES string of the molecule is CN(c1ccc2c(n1)OCc1cc(-n3nccn3)ccc1-2)[C@@H]1C[C@H]2CC[C@@H](C1)N2. The Morgan fingerprint density at radius 1 is 1.03 bits per heavy atom. The van der Waals surface area contributed by atoms with Crippen LogP contribution in [0.25, 0.3) is 16.8 Å². The van der Waals surface area contributed by atoms with E-state index < -0.39 is 0 Å². The Labute approximate surface area is 169 Å². The van der Waals surface area contributed by atoms with E-state index in [2.05, 4.69) is 51.7 Å². The van der Waals surface area contributed by atoms with Gasteiger partial charge in [-0.15, -0.1) is 0 Å². The molecule has 3 atom stereocenters. The van der Waals surface area contributed by atoms with Gasteiger partial charge in [-0.05, 0) is 61.1 Å². The maximum atomic E-state index is 6.05. The molecule has 2 saturated heterocycles. The van der Waals surface area contributed by atoms with Crippen LogP contribution in [0.5, 0.6) is 5.88 Å². The summed E-state index contributed by atoms with van der Waals surface area (Å²) in [5, 5.41) is 12.1. The predicted octanol–water partition coefficient (Wildman–Crippen LogP) is 2.94. The number of pyridine rings is 1. The number of piperidine rings is 1. The molecule has 0 radical (unpaired) electrons. The topological polar surface area (TPSA) is 68.1 Å². The first-order valence-corrected chi connectivity index (χ1v) is 10.4. The lowest BCUT2D eigenvalue weighted by molar-refractivity contribution is 0.289. The number of aromatic nitrogens is 4. The zero-order chi connectivity index (χ0) is 19.4. The summed E-state index contributed by atoms with van der Waals surface area (Å²) < 4.78 is 6.05. The summed E-state index contributed by atoms with van der Waals surface area (Å²) in [6.45, 7) is 0.509. The second kappa shape index (κ2) is 6.56. The number of hydrogen-bond acceptors (Lipinski definition) is 6. The van der Waals surface area contributed by atoms with Crippen LogP contribution in [-0.4, -0.2) is 45.2 Å². The van der Waals surface area contributed by atoms with Crippen molar-refractivity contribution >= 4 is 5.82 Å². The highest BCUT2D eigenvalue weighted by atomic mass is 16.5. The first-order valence-electron chi connectivity index (χ1n) is 10.4. The van der Waals surface area contributed by atoms with Crippen molar-refractivity contribution in [2.75, 3.05) is 11.9 Å². The van der Waals surface area contributed by atoms with Gasteiger partial charge in [0.15, 0.2) is 0 Å². The molecule has 2 aromatic heterocycles. The average Bonchev–Trinajstić information content (AvgIpc) is 3.42. The Balaban J connectivity index is 1.29. The van der Waals surface area contributed by atoms with Crippen molar-refractivity contribution < 1.29 is 4.74 Å². The van der Waals surface area contributed by atoms with Crippen LogP contribution >= 0.6 is 0 Å². The van der Waals surface area contributed by atoms with Crippen LogP contribution in [0.1, 0.15) is 31.2 Å². The fourth-order valence-electron chi connectivity index (χ4n) is 5.05. The van der Waals surface area contributed by atoms with Crippen molar-refractivity contribution in [3.05, 3.63) is 48.3 Å². The highest BCUT2D eigenvalue weighted by Crippen LogP contribution is 2.39. The van der Waals surface area contributed by atoms with E-state index in [1.807, 2.05) is 6.07 Å². The van der Waals surface area contributed by atoms with E-state index in [-0.39, 0.29) is 0 Å². The highest BCUT2D eigenvalue weighted by molar-refractivity contribution is 5.75. The number of benzene rings is 1. The molecule has 0 aliphatic carbocycles. The van der Waals surface area contributed by atoms with E-state index in [0.29, 0.717) is 24.7 Å². The summed E-state index contributed by atoms with van der Waals surface area (Å²) in [7, 11) is 2.17. The van der Waals surface area contributed by atoms with Crippen LogP contribution in [0.2, 0.25) is 0 Å². The maximum absolute atomic E-state index is 6.05. The van der Waals surface area contributed by atoms with Gasteiger partial charge >= 0.3 is 0 Å². The summed E-state index contributed by atoms with van der Waals surface area (Å²) in [4.78, 5) is 8.85. The minimum absolute atomic E-state index is 0.509. The number of hydrogen-bond donors (Lipinski definition) is 1. The van der Waals surface area contributed by atoms with Crippen LogP contribution in [0.4, 0.5) is 5.82 Å². The van der Waals surface area contributed by atoms with Crippen LogP contribution in [0.3, 0.4) is 0 Å². The van der Waals surface area contributed by atoms with Crippen LogP contribution in [-0.2, 0) is 6.61 Å². The molecule has 7 heteroatoms. The van der Waals surface area contributed by atoms with Crippen LogP contribution < -0.4 is 15.0 Å². The Morgan fingerprint density at radius 2 is 1.79 bits per heavy atom. The molecule has 0 spiro atoms. The molecule has 3 aromatic rings. The molecular formula is C22H24N6O. The van der Waals surface area contributed by atoms with Crippen LogP contribution in [0, 0.1) is 0 Å². The van der Waals surface area contributed by atoms with Gasteiger partial charge < -0.3 is 15.0 Å². The van der Waals surface area contributed by atoms with Gasteiger partial charge in [0.05, 0.1) is 18.1 Å². The van der Waals surface area contributed by atoms with E-state index in [4.69, 9.17) is 9.72 Å². The molecule has 7 nitrogen and oxygen atoms in total. The molecular weight excluding hydrogens is 364 g/mol. The largest absolute Gasteiger partial charge is 0.472 e. The minimum atomic E-state index is 0.509. The van der Waals surface area contributed by atoms with Crippen molar-refractivity contribution in [1.29, 1.82) is 0 Å². The van der Waals surface area contributed by atoms with Crippen molar-refractivity contribution in [3.63, 3.8) is 0 Å². The fourth-order valence-corrected chi connectivity index (χ4v) is 5.05. The van der Waals surface area contributed by atoms with E-state index in [9.17, 15) is 0 Å². The van der Waals surface area contributed by atoms with Gasteiger partial charge in [-0.2, -0.15) is 20.0 Å². The predicted molar refractivity (Wildman–Crippen MR) is 110 cm³/mol. The number of fused-ring (bicyclic) bond motifs is 5. The van der Waals surface area contributed by atoms with Gasteiger partial charge in [-0.1, -0.05) is 6.07 Å². The fraction of sp³-hybridized carbons (Fsp3) is 0.409. The molecule has 3 aliphatic rings. The maximum Gasteiger partial charge on any atom is 0.223 e. The molecule has 1 N–H and O–H groups in total. The molecule has 0 saturated carbocycles. The molecule has 0 amide bonds. The van der Waals surface area contributed by atoms with Gasteiger partial charge in [0.25, 0.3) is 0 Å². The minimum Gasteiger partial charge on any atom is -0.472 e. The zero-order valence-electron chi connectivity index (χ0n) is 16.5. The summed E-state index contributed by atoms with van der Waals surface area (Å²) in [5.41, 5.74) is 4.29. The van der Waals surface area contributed by atoms with E-state index in [0.717, 1.165) is 28.5 Å². The number of nitrogens with one attached hydrogen (secondary N) is 1. The third-order valence-electron chi connectivity index (χ3n) is 6.60. The Kier molecular flexibility index (Phi) is 3.84. The first-order chi connectivity index (χ1) is 14.2. The summed E-state index contributed by atoms with van der Waals surface area (Å²) >= 11 is 0. The van der Waals surface area contributed by atoms with Crippen molar-refractivity contribution in [2.24, 2.45) is 0 Å². The first kappa shape index (κ1) is 17.0. The van der Waals surface area contributed by atoms with Gasteiger partial charge in [0.2, 0.25) is 5.88 Å². The van der Waals surface area contributed by atoms with Gasteiger partial charge in [0.1, 0.15) is 12.4 Å². The van der Waals surface area contributed by atoms with E-state index in [1.54, 1.807) is 17.2 Å². The quantitative estimate of drug-likeness (QED) is 0.744. The zero-order valence-corrected chi connectivity index (χ0v) is 16.5. The lowest BCUT2D eigenvalue weighted by Gasteiger charge is -2.36. The molecule has 1 aromatic carbocycles. The van der Waals surface area contributed by atoms with Crippen LogP contribution in [0.15, 0.2) is 42.7 Å². The average molecular weight is 388 g/mol. The standard InChI is InChI=1S/C22H24N6O/c1-27(18-11-15-2-3-16(12-18)25-15)21-7-6-20-19-5-4-17(28-23-8-9-24-28)10-14(19)13-29-22(20)26-21/h4-10,15-16,18,25H,2-3,11-13H2,1H3/t15-,16+,18-. The van der Waals surface area contributed by atoms with E-state index >= 15 is 0 Å². The number of ether oxygens (including phenoxy) is 1. The molecule has 2 bridgehead atoms. The Morgan fingerprint density at radius 3 is 2.59 bits per heavy atom.